The minimum Gasteiger partial charge on any atom is -0.423 e. The first-order valence-corrected chi connectivity index (χ1v) is 8.28. The van der Waals surface area contributed by atoms with Crippen molar-refractivity contribution >= 4 is 28.3 Å². The minimum absolute atomic E-state index is 0.0373. The average molecular weight is 357 g/mol. The highest BCUT2D eigenvalue weighted by Crippen LogP contribution is 2.34. The van der Waals surface area contributed by atoms with Crippen molar-refractivity contribution < 1.29 is 31.3 Å². The van der Waals surface area contributed by atoms with Gasteiger partial charge in [0.25, 0.3) is 10.0 Å². The second kappa shape index (κ2) is 5.80. The fourth-order valence-corrected chi connectivity index (χ4v) is 3.70. The highest BCUT2D eigenvalue weighted by Gasteiger charge is 2.37. The largest absolute Gasteiger partial charge is 0.491 e. The summed E-state index contributed by atoms with van der Waals surface area (Å²) in [6, 6.07) is 8.19. The molecule has 2 aromatic carbocycles. The van der Waals surface area contributed by atoms with E-state index >= 15 is 0 Å². The number of nitrogens with one attached hydrogen (secondary N) is 1. The van der Waals surface area contributed by atoms with Crippen LogP contribution in [-0.4, -0.2) is 20.6 Å². The molecule has 3 rings (SSSR count). The molecule has 24 heavy (non-hydrogen) atoms. The van der Waals surface area contributed by atoms with Crippen molar-refractivity contribution in [2.45, 2.75) is 17.7 Å². The van der Waals surface area contributed by atoms with E-state index in [2.05, 4.69) is 4.72 Å². The molecule has 0 bridgehead atoms. The lowest BCUT2D eigenvalue weighted by Crippen LogP contribution is -2.28. The number of halogens is 3. The third-order valence-corrected chi connectivity index (χ3v) is 4.98. The highest BCUT2D eigenvalue weighted by atomic mass is 32.2. The van der Waals surface area contributed by atoms with Crippen LogP contribution in [0.5, 0.6) is 0 Å². The maximum atomic E-state index is 13.0. The number of hydrogen-bond acceptors (Lipinski definition) is 4. The second-order valence-corrected chi connectivity index (χ2v) is 6.83. The summed E-state index contributed by atoms with van der Waals surface area (Å²) in [5, 5.41) is 9.62. The summed E-state index contributed by atoms with van der Waals surface area (Å²) in [5.74, 6) is 0. The molecule has 10 heteroatoms. The zero-order valence-electron chi connectivity index (χ0n) is 12.0. The molecule has 126 valence electrons. The van der Waals surface area contributed by atoms with Gasteiger partial charge in [-0.15, -0.1) is 0 Å². The molecule has 0 radical (unpaired) electrons. The third-order valence-electron chi connectivity index (χ3n) is 3.54. The Labute approximate surface area is 136 Å². The summed E-state index contributed by atoms with van der Waals surface area (Å²) in [7, 11) is -5.64. The van der Waals surface area contributed by atoms with E-state index < -0.39 is 33.8 Å². The van der Waals surface area contributed by atoms with Crippen LogP contribution in [0.2, 0.25) is 0 Å². The highest BCUT2D eigenvalue weighted by molar-refractivity contribution is 7.92. The number of anilines is 1. The molecule has 0 aromatic heterocycles. The van der Waals surface area contributed by atoms with Crippen LogP contribution < -0.4 is 10.2 Å². The van der Waals surface area contributed by atoms with E-state index in [9.17, 15) is 26.6 Å². The van der Waals surface area contributed by atoms with Gasteiger partial charge in [-0.25, -0.2) is 8.42 Å². The Bertz CT molecular complexity index is 886. The van der Waals surface area contributed by atoms with Crippen molar-refractivity contribution in [2.75, 3.05) is 4.72 Å². The van der Waals surface area contributed by atoms with Gasteiger partial charge in [-0.3, -0.25) is 4.72 Å². The molecule has 2 aromatic rings. The molecule has 0 amide bonds. The van der Waals surface area contributed by atoms with E-state index in [1.165, 1.54) is 18.2 Å². The van der Waals surface area contributed by atoms with Crippen molar-refractivity contribution in [3.05, 3.63) is 53.6 Å². The average Bonchev–Trinajstić information content (AvgIpc) is 2.87. The first-order chi connectivity index (χ1) is 11.2. The van der Waals surface area contributed by atoms with Crippen LogP contribution in [0.1, 0.15) is 11.1 Å². The van der Waals surface area contributed by atoms with Gasteiger partial charge in [0, 0.05) is 5.69 Å². The maximum Gasteiger partial charge on any atom is 0.491 e. The van der Waals surface area contributed by atoms with Crippen LogP contribution in [-0.2, 0) is 27.5 Å². The van der Waals surface area contributed by atoms with Gasteiger partial charge < -0.3 is 9.68 Å². The first kappa shape index (κ1) is 16.8. The Balaban J connectivity index is 1.98. The van der Waals surface area contributed by atoms with E-state index in [4.69, 9.17) is 4.65 Å². The third kappa shape index (κ3) is 3.12. The number of alkyl halides is 3. The van der Waals surface area contributed by atoms with Crippen LogP contribution in [0.25, 0.3) is 0 Å². The van der Waals surface area contributed by atoms with Gasteiger partial charge in [0.1, 0.15) is 0 Å². The minimum atomic E-state index is -4.80. The topological polar surface area (TPSA) is 75.6 Å². The predicted octanol–water partition coefficient (Wildman–Crippen LogP) is 1.72. The molecule has 0 spiro atoms. The van der Waals surface area contributed by atoms with Gasteiger partial charge in [0.05, 0.1) is 17.1 Å². The number of hydrogen-bond donors (Lipinski definition) is 2. The summed E-state index contributed by atoms with van der Waals surface area (Å²) in [6.45, 7) is 0.181. The maximum absolute atomic E-state index is 13.0. The van der Waals surface area contributed by atoms with Crippen molar-refractivity contribution in [3.63, 3.8) is 0 Å². The summed E-state index contributed by atoms with van der Waals surface area (Å²) in [6.07, 6.45) is -4.80. The molecule has 1 aliphatic rings. The molecule has 0 unspecified atom stereocenters. The number of sulfonamides is 1. The normalized spacial score (nSPS) is 14.6. The van der Waals surface area contributed by atoms with Crippen LogP contribution >= 0.6 is 0 Å². The quantitative estimate of drug-likeness (QED) is 0.821. The Morgan fingerprint density at radius 3 is 2.58 bits per heavy atom. The molecule has 2 N–H and O–H groups in total. The van der Waals surface area contributed by atoms with Crippen molar-refractivity contribution in [2.24, 2.45) is 0 Å². The van der Waals surface area contributed by atoms with Gasteiger partial charge in [-0.2, -0.15) is 13.2 Å². The fraction of sp³-hybridized carbons (Fsp3) is 0.143. The van der Waals surface area contributed by atoms with E-state index in [-0.39, 0.29) is 12.3 Å². The van der Waals surface area contributed by atoms with Gasteiger partial charge in [0.2, 0.25) is 0 Å². The fourth-order valence-electron chi connectivity index (χ4n) is 2.42. The van der Waals surface area contributed by atoms with Crippen LogP contribution in [0.3, 0.4) is 0 Å². The second-order valence-electron chi connectivity index (χ2n) is 5.18. The Kier molecular flexibility index (Phi) is 4.06. The van der Waals surface area contributed by atoms with E-state index in [0.29, 0.717) is 17.1 Å². The molecule has 1 heterocycles. The SMILES string of the molecule is O=S(=O)(Nc1ccc2c(c1)B(O)OC2)c1ccccc1C(F)(F)F. The van der Waals surface area contributed by atoms with Crippen molar-refractivity contribution in [1.82, 2.24) is 0 Å². The number of benzene rings is 2. The van der Waals surface area contributed by atoms with Gasteiger partial charge in [-0.1, -0.05) is 18.2 Å². The number of fused-ring (bicyclic) bond motifs is 1. The van der Waals surface area contributed by atoms with Crippen LogP contribution in [0.15, 0.2) is 47.4 Å². The van der Waals surface area contributed by atoms with E-state index in [0.717, 1.165) is 12.1 Å². The predicted molar refractivity (Wildman–Crippen MR) is 81.1 cm³/mol. The molecule has 0 atom stereocenters. The van der Waals surface area contributed by atoms with Crippen LogP contribution in [0.4, 0.5) is 18.9 Å². The smallest absolute Gasteiger partial charge is 0.423 e. The lowest BCUT2D eigenvalue weighted by molar-refractivity contribution is -0.139. The summed E-state index contributed by atoms with van der Waals surface area (Å²) >= 11 is 0. The first-order valence-electron chi connectivity index (χ1n) is 6.80. The molecule has 5 nitrogen and oxygen atoms in total. The molecular weight excluding hydrogens is 346 g/mol. The molecule has 0 saturated heterocycles. The van der Waals surface area contributed by atoms with Crippen molar-refractivity contribution in [3.8, 4) is 0 Å². The zero-order chi connectivity index (χ0) is 17.5. The van der Waals surface area contributed by atoms with Crippen LogP contribution in [0, 0.1) is 0 Å². The standard InChI is InChI=1S/C14H11BF3NO4S/c16-14(17,18)11-3-1-2-4-13(11)24(21,22)19-10-6-5-9-8-23-15(20)12(9)7-10/h1-7,19-20H,8H2. The summed E-state index contributed by atoms with van der Waals surface area (Å²) in [5.41, 5.74) is -0.155. The van der Waals surface area contributed by atoms with Gasteiger partial charge in [0.15, 0.2) is 0 Å². The monoisotopic (exact) mass is 357 g/mol. The van der Waals surface area contributed by atoms with Gasteiger partial charge in [-0.05, 0) is 35.3 Å². The molecular formula is C14H11BF3NO4S. The molecule has 0 fully saturated rings. The summed E-state index contributed by atoms with van der Waals surface area (Å²) in [4.78, 5) is -0.866. The van der Waals surface area contributed by atoms with E-state index in [1.807, 2.05) is 0 Å². The Morgan fingerprint density at radius 2 is 1.88 bits per heavy atom. The zero-order valence-corrected chi connectivity index (χ0v) is 12.9. The molecule has 0 aliphatic carbocycles. The Morgan fingerprint density at radius 1 is 1.17 bits per heavy atom. The lowest BCUT2D eigenvalue weighted by Gasteiger charge is -2.14. The Hall–Kier alpha value is -2.04. The van der Waals surface area contributed by atoms with E-state index in [1.54, 1.807) is 6.07 Å². The molecule has 0 saturated carbocycles. The summed E-state index contributed by atoms with van der Waals surface area (Å²) < 4.78 is 70.8. The molecule has 1 aliphatic heterocycles. The number of rotatable bonds is 3. The van der Waals surface area contributed by atoms with Crippen molar-refractivity contribution in [1.29, 1.82) is 0 Å². The van der Waals surface area contributed by atoms with Gasteiger partial charge >= 0.3 is 13.3 Å². The lowest BCUT2D eigenvalue weighted by atomic mass is 9.79.